The van der Waals surface area contributed by atoms with Crippen LogP contribution < -0.4 is 5.32 Å². The molecule has 1 aliphatic rings. The van der Waals surface area contributed by atoms with Crippen molar-refractivity contribution in [2.45, 2.75) is 64.1 Å². The molecule has 0 bridgehead atoms. The van der Waals surface area contributed by atoms with Crippen LogP contribution in [0, 0.1) is 0 Å². The fraction of sp³-hybridized carbons (Fsp3) is 0.733. The standard InChI is InChI=1S/C15H22F3NS/c1-2-19-12(7-5-9-15(16,17)18)14-10-11-6-3-4-8-13(11)20-14/h10,12,19H,2-9H2,1H3. The first-order valence-electron chi connectivity index (χ1n) is 7.41. The fourth-order valence-electron chi connectivity index (χ4n) is 2.78. The van der Waals surface area contributed by atoms with E-state index in [1.165, 1.54) is 28.2 Å². The Morgan fingerprint density at radius 3 is 2.70 bits per heavy atom. The third kappa shape index (κ3) is 4.48. The average Bonchev–Trinajstić information content (AvgIpc) is 2.80. The normalized spacial score (nSPS) is 17.0. The summed E-state index contributed by atoms with van der Waals surface area (Å²) in [5.41, 5.74) is 1.43. The first-order chi connectivity index (χ1) is 9.49. The number of nitrogens with one attached hydrogen (secondary N) is 1. The van der Waals surface area contributed by atoms with E-state index in [0.717, 1.165) is 19.4 Å². The van der Waals surface area contributed by atoms with Gasteiger partial charge in [0.05, 0.1) is 0 Å². The lowest BCUT2D eigenvalue weighted by Gasteiger charge is -2.16. The summed E-state index contributed by atoms with van der Waals surface area (Å²) >= 11 is 1.80. The fourth-order valence-corrected chi connectivity index (χ4v) is 4.15. The molecule has 1 atom stereocenters. The molecular formula is C15H22F3NS. The Kier molecular flexibility index (Phi) is 5.49. The maximum absolute atomic E-state index is 12.3. The molecule has 2 rings (SSSR count). The number of thiophene rings is 1. The SMILES string of the molecule is CCNC(CCCC(F)(F)F)c1cc2c(s1)CCCC2. The quantitative estimate of drug-likeness (QED) is 0.779. The maximum Gasteiger partial charge on any atom is 0.389 e. The highest BCUT2D eigenvalue weighted by Gasteiger charge is 2.27. The van der Waals surface area contributed by atoms with E-state index < -0.39 is 12.6 Å². The molecule has 0 aliphatic heterocycles. The monoisotopic (exact) mass is 305 g/mol. The molecule has 0 saturated heterocycles. The zero-order chi connectivity index (χ0) is 14.6. The second kappa shape index (κ2) is 6.94. The molecule has 0 spiro atoms. The minimum absolute atomic E-state index is 0.0814. The molecule has 1 aromatic rings. The Labute approximate surface area is 122 Å². The van der Waals surface area contributed by atoms with E-state index in [-0.39, 0.29) is 12.5 Å². The molecule has 114 valence electrons. The predicted molar refractivity (Wildman–Crippen MR) is 77.3 cm³/mol. The molecule has 0 radical (unpaired) electrons. The smallest absolute Gasteiger partial charge is 0.310 e. The number of rotatable bonds is 6. The Hall–Kier alpha value is -0.550. The Bertz CT molecular complexity index is 402. The van der Waals surface area contributed by atoms with Crippen LogP contribution in [-0.2, 0) is 12.8 Å². The van der Waals surface area contributed by atoms with E-state index >= 15 is 0 Å². The summed E-state index contributed by atoms with van der Waals surface area (Å²) in [5, 5.41) is 3.34. The van der Waals surface area contributed by atoms with Gasteiger partial charge in [-0.05, 0) is 56.7 Å². The third-order valence-corrected chi connectivity index (χ3v) is 5.11. The Morgan fingerprint density at radius 1 is 1.30 bits per heavy atom. The van der Waals surface area contributed by atoms with Crippen LogP contribution in [0.5, 0.6) is 0 Å². The van der Waals surface area contributed by atoms with E-state index in [2.05, 4.69) is 11.4 Å². The molecular weight excluding hydrogens is 283 g/mol. The highest BCUT2D eigenvalue weighted by Crippen LogP contribution is 2.35. The van der Waals surface area contributed by atoms with Gasteiger partial charge in [-0.15, -0.1) is 11.3 Å². The topological polar surface area (TPSA) is 12.0 Å². The summed E-state index contributed by atoms with van der Waals surface area (Å²) in [6, 6.07) is 2.30. The lowest BCUT2D eigenvalue weighted by molar-refractivity contribution is -0.135. The summed E-state index contributed by atoms with van der Waals surface area (Å²) in [4.78, 5) is 2.67. The summed E-state index contributed by atoms with van der Waals surface area (Å²) in [7, 11) is 0. The summed E-state index contributed by atoms with van der Waals surface area (Å²) < 4.78 is 36.8. The lowest BCUT2D eigenvalue weighted by Crippen LogP contribution is -2.20. The van der Waals surface area contributed by atoms with Crippen LogP contribution >= 0.6 is 11.3 Å². The van der Waals surface area contributed by atoms with Crippen LogP contribution in [0.2, 0.25) is 0 Å². The molecule has 1 heterocycles. The first-order valence-corrected chi connectivity index (χ1v) is 8.23. The van der Waals surface area contributed by atoms with Crippen molar-refractivity contribution in [1.29, 1.82) is 0 Å². The number of aryl methyl sites for hydroxylation is 2. The predicted octanol–water partition coefficient (Wildman–Crippen LogP) is 5.01. The van der Waals surface area contributed by atoms with Gasteiger partial charge >= 0.3 is 6.18 Å². The van der Waals surface area contributed by atoms with Crippen molar-refractivity contribution in [2.24, 2.45) is 0 Å². The van der Waals surface area contributed by atoms with Crippen molar-refractivity contribution in [3.63, 3.8) is 0 Å². The highest BCUT2D eigenvalue weighted by atomic mass is 32.1. The lowest BCUT2D eigenvalue weighted by atomic mass is 9.98. The van der Waals surface area contributed by atoms with Gasteiger partial charge in [0.2, 0.25) is 0 Å². The number of fused-ring (bicyclic) bond motifs is 1. The van der Waals surface area contributed by atoms with E-state index in [9.17, 15) is 13.2 Å². The Morgan fingerprint density at radius 2 is 2.05 bits per heavy atom. The molecule has 1 N–H and O–H groups in total. The molecule has 0 saturated carbocycles. The van der Waals surface area contributed by atoms with Crippen LogP contribution in [0.4, 0.5) is 13.2 Å². The van der Waals surface area contributed by atoms with Gasteiger partial charge in [0.25, 0.3) is 0 Å². The second-order valence-corrected chi connectivity index (χ2v) is 6.59. The maximum atomic E-state index is 12.3. The van der Waals surface area contributed by atoms with Crippen molar-refractivity contribution < 1.29 is 13.2 Å². The number of halogens is 3. The summed E-state index contributed by atoms with van der Waals surface area (Å²) in [6.45, 7) is 2.80. The molecule has 20 heavy (non-hydrogen) atoms. The number of hydrogen-bond donors (Lipinski definition) is 1. The zero-order valence-electron chi connectivity index (χ0n) is 11.9. The van der Waals surface area contributed by atoms with Gasteiger partial charge in [-0.3, -0.25) is 0 Å². The van der Waals surface area contributed by atoms with Crippen molar-refractivity contribution in [2.75, 3.05) is 6.54 Å². The molecule has 1 aliphatic carbocycles. The molecule has 0 aromatic carbocycles. The molecule has 1 nitrogen and oxygen atoms in total. The first kappa shape index (κ1) is 15.8. The van der Waals surface area contributed by atoms with Gasteiger partial charge in [0, 0.05) is 22.2 Å². The van der Waals surface area contributed by atoms with E-state index in [0.29, 0.717) is 6.42 Å². The largest absolute Gasteiger partial charge is 0.389 e. The zero-order valence-corrected chi connectivity index (χ0v) is 12.7. The van der Waals surface area contributed by atoms with Crippen LogP contribution in [0.3, 0.4) is 0 Å². The van der Waals surface area contributed by atoms with Crippen molar-refractivity contribution >= 4 is 11.3 Å². The molecule has 1 unspecified atom stereocenters. The van der Waals surface area contributed by atoms with Crippen molar-refractivity contribution in [3.8, 4) is 0 Å². The minimum atomic E-state index is -4.04. The van der Waals surface area contributed by atoms with Crippen molar-refractivity contribution in [1.82, 2.24) is 5.32 Å². The third-order valence-electron chi connectivity index (χ3n) is 3.76. The summed E-state index contributed by atoms with van der Waals surface area (Å²) in [5.74, 6) is 0. The molecule has 0 amide bonds. The second-order valence-electron chi connectivity index (χ2n) is 5.42. The van der Waals surface area contributed by atoms with Crippen LogP contribution in [-0.4, -0.2) is 12.7 Å². The van der Waals surface area contributed by atoms with E-state index in [1.54, 1.807) is 11.3 Å². The minimum Gasteiger partial charge on any atom is -0.310 e. The van der Waals surface area contributed by atoms with Gasteiger partial charge in [-0.2, -0.15) is 13.2 Å². The van der Waals surface area contributed by atoms with Gasteiger partial charge in [-0.25, -0.2) is 0 Å². The van der Waals surface area contributed by atoms with E-state index in [4.69, 9.17) is 0 Å². The van der Waals surface area contributed by atoms with Gasteiger partial charge in [0.1, 0.15) is 0 Å². The number of hydrogen-bond acceptors (Lipinski definition) is 2. The molecule has 1 aromatic heterocycles. The van der Waals surface area contributed by atoms with Crippen LogP contribution in [0.25, 0.3) is 0 Å². The van der Waals surface area contributed by atoms with Crippen LogP contribution in [0.1, 0.15) is 60.4 Å². The van der Waals surface area contributed by atoms with Gasteiger partial charge in [0.15, 0.2) is 0 Å². The highest BCUT2D eigenvalue weighted by molar-refractivity contribution is 7.12. The van der Waals surface area contributed by atoms with Gasteiger partial charge in [-0.1, -0.05) is 6.92 Å². The molecule has 0 fully saturated rings. The number of alkyl halides is 3. The molecule has 5 heteroatoms. The van der Waals surface area contributed by atoms with Crippen LogP contribution in [0.15, 0.2) is 6.07 Å². The summed E-state index contributed by atoms with van der Waals surface area (Å²) in [6.07, 6.45) is 0.798. The van der Waals surface area contributed by atoms with Crippen molar-refractivity contribution in [3.05, 3.63) is 21.4 Å². The average molecular weight is 305 g/mol. The van der Waals surface area contributed by atoms with Gasteiger partial charge < -0.3 is 5.32 Å². The van der Waals surface area contributed by atoms with E-state index in [1.807, 2.05) is 6.92 Å². The Balaban J connectivity index is 1.98.